The molecule has 1 fully saturated rings. The lowest BCUT2D eigenvalue weighted by molar-refractivity contribution is -0.127. The van der Waals surface area contributed by atoms with Gasteiger partial charge in [-0.05, 0) is 30.4 Å². The molecule has 1 amide bonds. The second-order valence-electron chi connectivity index (χ2n) is 6.51. The lowest BCUT2D eigenvalue weighted by Gasteiger charge is -2.30. The van der Waals surface area contributed by atoms with Gasteiger partial charge in [0.1, 0.15) is 0 Å². The Balaban J connectivity index is 1.88. The molecule has 1 saturated carbocycles. The second-order valence-corrected chi connectivity index (χ2v) is 6.51. The first-order valence-electron chi connectivity index (χ1n) is 8.09. The number of hydrogen-bond donors (Lipinski definition) is 4. The van der Waals surface area contributed by atoms with Crippen molar-refractivity contribution in [2.45, 2.75) is 58.0 Å². The fraction of sp³-hybridized carbons (Fsp3) is 0.857. The van der Waals surface area contributed by atoms with Gasteiger partial charge in [-0.25, -0.2) is 0 Å². The van der Waals surface area contributed by atoms with Gasteiger partial charge >= 0.3 is 0 Å². The molecule has 8 heteroatoms. The Morgan fingerprint density at radius 3 is 2.82 bits per heavy atom. The van der Waals surface area contributed by atoms with Crippen molar-refractivity contribution in [2.24, 2.45) is 17.6 Å². The van der Waals surface area contributed by atoms with Crippen LogP contribution in [0.15, 0.2) is 0 Å². The fourth-order valence-electron chi connectivity index (χ4n) is 3.01. The van der Waals surface area contributed by atoms with E-state index in [2.05, 4.69) is 45.1 Å². The largest absolute Gasteiger partial charge is 0.351 e. The highest BCUT2D eigenvalue weighted by atomic mass is 16.2. The Morgan fingerprint density at radius 2 is 2.18 bits per heavy atom. The molecule has 0 aromatic carbocycles. The summed E-state index contributed by atoms with van der Waals surface area (Å²) in [5.41, 5.74) is 6.10. The molecule has 0 spiro atoms. The number of carbonyl (C=O) groups is 1. The number of hydrogen-bond acceptors (Lipinski definition) is 6. The Hall–Kier alpha value is -1.70. The molecule has 1 aliphatic rings. The van der Waals surface area contributed by atoms with E-state index in [-0.39, 0.29) is 23.9 Å². The zero-order chi connectivity index (χ0) is 15.9. The van der Waals surface area contributed by atoms with Crippen molar-refractivity contribution in [3.63, 3.8) is 0 Å². The number of H-pyrrole nitrogens is 1. The Morgan fingerprint density at radius 1 is 1.41 bits per heavy atom. The van der Waals surface area contributed by atoms with Crippen LogP contribution in [0.25, 0.3) is 0 Å². The second kappa shape index (κ2) is 8.07. The minimum Gasteiger partial charge on any atom is -0.351 e. The number of rotatable bonds is 7. The highest BCUT2D eigenvalue weighted by molar-refractivity contribution is 5.79. The van der Waals surface area contributed by atoms with Crippen LogP contribution in [0.3, 0.4) is 0 Å². The molecule has 22 heavy (non-hydrogen) atoms. The number of carbonyl (C=O) groups excluding carboxylic acids is 1. The highest BCUT2D eigenvalue weighted by Gasteiger charge is 2.29. The fourth-order valence-corrected chi connectivity index (χ4v) is 3.01. The molecule has 5 N–H and O–H groups in total. The molecule has 1 aliphatic carbocycles. The first kappa shape index (κ1) is 16.7. The van der Waals surface area contributed by atoms with E-state index >= 15 is 0 Å². The lowest BCUT2D eigenvalue weighted by atomic mass is 9.84. The molecule has 0 unspecified atom stereocenters. The maximum atomic E-state index is 12.5. The van der Waals surface area contributed by atoms with Crippen LogP contribution in [0, 0.1) is 11.8 Å². The first-order valence-corrected chi connectivity index (χ1v) is 8.09. The Bertz CT molecular complexity index is 448. The van der Waals surface area contributed by atoms with E-state index in [1.165, 1.54) is 0 Å². The number of nitrogens with two attached hydrogens (primary N) is 1. The number of amides is 1. The van der Waals surface area contributed by atoms with Crippen molar-refractivity contribution in [3.8, 4) is 0 Å². The summed E-state index contributed by atoms with van der Waals surface area (Å²) in [7, 11) is 0. The van der Waals surface area contributed by atoms with Gasteiger partial charge in [0.25, 0.3) is 5.95 Å². The summed E-state index contributed by atoms with van der Waals surface area (Å²) < 4.78 is 0. The zero-order valence-electron chi connectivity index (χ0n) is 13.4. The number of aromatic amines is 1. The van der Waals surface area contributed by atoms with E-state index in [1.807, 2.05) is 0 Å². The summed E-state index contributed by atoms with van der Waals surface area (Å²) in [5.74, 6) is 0.941. The molecular formula is C14H27N7O. The number of nitrogens with one attached hydrogen (secondary N) is 3. The third kappa shape index (κ3) is 4.94. The van der Waals surface area contributed by atoms with Crippen LogP contribution < -0.4 is 16.4 Å². The van der Waals surface area contributed by atoms with E-state index in [1.54, 1.807) is 0 Å². The van der Waals surface area contributed by atoms with Crippen molar-refractivity contribution >= 4 is 11.9 Å². The summed E-state index contributed by atoms with van der Waals surface area (Å²) in [6, 6.07) is 0.0127. The molecule has 0 radical (unpaired) electrons. The molecule has 0 bridgehead atoms. The van der Waals surface area contributed by atoms with E-state index in [9.17, 15) is 4.79 Å². The molecule has 1 aromatic heterocycles. The summed E-state index contributed by atoms with van der Waals surface area (Å²) >= 11 is 0. The standard InChI is InChI=1S/C14H27N7O/c1-9(2)7-10(8-16-14-18-20-21-19-14)17-13(22)11-5-3-4-6-12(11)15/h9-12H,3-8,15H2,1-2H3,(H,17,22)(H2,16,18,19,20,21)/t10-,11+,12-/m0/s1. The summed E-state index contributed by atoms with van der Waals surface area (Å²) in [6.07, 6.45) is 4.92. The number of aromatic nitrogens is 4. The zero-order valence-corrected chi connectivity index (χ0v) is 13.4. The van der Waals surface area contributed by atoms with Crippen molar-refractivity contribution in [3.05, 3.63) is 0 Å². The molecule has 1 aromatic rings. The molecule has 124 valence electrons. The normalized spacial score (nSPS) is 23.3. The molecule has 1 heterocycles. The Kier molecular flexibility index (Phi) is 6.11. The van der Waals surface area contributed by atoms with E-state index in [4.69, 9.17) is 5.73 Å². The van der Waals surface area contributed by atoms with Gasteiger partial charge in [-0.3, -0.25) is 4.79 Å². The molecular weight excluding hydrogens is 282 g/mol. The van der Waals surface area contributed by atoms with Crippen LogP contribution in [0.5, 0.6) is 0 Å². The maximum Gasteiger partial charge on any atom is 0.263 e. The molecule has 2 rings (SSSR count). The van der Waals surface area contributed by atoms with Crippen LogP contribution in [0.2, 0.25) is 0 Å². The molecule has 0 saturated heterocycles. The summed E-state index contributed by atoms with van der Waals surface area (Å²) in [5, 5.41) is 19.8. The van der Waals surface area contributed by atoms with Crippen molar-refractivity contribution in [2.75, 3.05) is 11.9 Å². The molecule has 0 aliphatic heterocycles. The number of tetrazole rings is 1. The van der Waals surface area contributed by atoms with E-state index in [0.29, 0.717) is 18.4 Å². The van der Waals surface area contributed by atoms with E-state index < -0.39 is 0 Å². The summed E-state index contributed by atoms with van der Waals surface area (Å²) in [4.78, 5) is 12.5. The topological polar surface area (TPSA) is 122 Å². The monoisotopic (exact) mass is 309 g/mol. The maximum absolute atomic E-state index is 12.5. The number of anilines is 1. The van der Waals surface area contributed by atoms with Crippen LogP contribution >= 0.6 is 0 Å². The van der Waals surface area contributed by atoms with Crippen molar-refractivity contribution in [1.82, 2.24) is 25.9 Å². The lowest BCUT2D eigenvalue weighted by Crippen LogP contribution is -2.49. The van der Waals surface area contributed by atoms with Gasteiger partial charge in [-0.2, -0.15) is 5.21 Å². The highest BCUT2D eigenvalue weighted by Crippen LogP contribution is 2.23. The van der Waals surface area contributed by atoms with E-state index in [0.717, 1.165) is 32.1 Å². The van der Waals surface area contributed by atoms with Gasteiger partial charge in [0.15, 0.2) is 0 Å². The average Bonchev–Trinajstić information content (AvgIpc) is 2.98. The van der Waals surface area contributed by atoms with Crippen molar-refractivity contribution < 1.29 is 4.79 Å². The van der Waals surface area contributed by atoms with Gasteiger partial charge in [0, 0.05) is 18.6 Å². The third-order valence-electron chi connectivity index (χ3n) is 4.11. The van der Waals surface area contributed by atoms with Gasteiger partial charge in [-0.15, -0.1) is 5.10 Å². The van der Waals surface area contributed by atoms with Gasteiger partial charge in [0.05, 0.1) is 5.92 Å². The van der Waals surface area contributed by atoms with Crippen LogP contribution in [-0.4, -0.2) is 45.2 Å². The smallest absolute Gasteiger partial charge is 0.263 e. The van der Waals surface area contributed by atoms with Crippen LogP contribution in [-0.2, 0) is 4.79 Å². The van der Waals surface area contributed by atoms with Gasteiger partial charge in [0.2, 0.25) is 5.91 Å². The summed E-state index contributed by atoms with van der Waals surface area (Å²) in [6.45, 7) is 4.85. The van der Waals surface area contributed by atoms with Gasteiger partial charge in [-0.1, -0.05) is 31.8 Å². The van der Waals surface area contributed by atoms with Crippen LogP contribution in [0.4, 0.5) is 5.95 Å². The number of nitrogens with zero attached hydrogens (tertiary/aromatic N) is 3. The molecule has 3 atom stereocenters. The quantitative estimate of drug-likeness (QED) is 0.587. The predicted octanol–water partition coefficient (Wildman–Crippen LogP) is 0.660. The predicted molar refractivity (Wildman–Crippen MR) is 84.0 cm³/mol. The first-order chi connectivity index (χ1) is 10.6. The molecule has 8 nitrogen and oxygen atoms in total. The van der Waals surface area contributed by atoms with Crippen molar-refractivity contribution in [1.29, 1.82) is 0 Å². The SMILES string of the molecule is CC(C)C[C@@H](CNc1nn[nH]n1)NC(=O)[C@@H]1CCCC[C@@H]1N. The minimum atomic E-state index is -0.0615. The Labute approximate surface area is 131 Å². The van der Waals surface area contributed by atoms with Crippen LogP contribution in [0.1, 0.15) is 46.0 Å². The average molecular weight is 309 g/mol. The third-order valence-corrected chi connectivity index (χ3v) is 4.11. The minimum absolute atomic E-state index is 0.0152. The van der Waals surface area contributed by atoms with Gasteiger partial charge < -0.3 is 16.4 Å².